The minimum atomic E-state index is -0.166. The molecule has 0 atom stereocenters. The van der Waals surface area contributed by atoms with E-state index in [-0.39, 0.29) is 11.9 Å². The molecule has 0 aliphatic heterocycles. The van der Waals surface area contributed by atoms with Gasteiger partial charge < -0.3 is 4.42 Å². The Kier molecular flexibility index (Phi) is 5.25. The summed E-state index contributed by atoms with van der Waals surface area (Å²) < 4.78 is 5.64. The highest BCUT2D eigenvalue weighted by molar-refractivity contribution is 8.00. The minimum absolute atomic E-state index is 0.136. The molecule has 0 saturated carbocycles. The molecular weight excluding hydrogens is 358 g/mol. The maximum absolute atomic E-state index is 12.1. The van der Waals surface area contributed by atoms with Gasteiger partial charge in [-0.3, -0.25) is 10.1 Å². The van der Waals surface area contributed by atoms with Crippen LogP contribution in [0.25, 0.3) is 11.5 Å². The van der Waals surface area contributed by atoms with Crippen LogP contribution in [0.15, 0.2) is 51.8 Å². The number of aromatic nitrogens is 2. The van der Waals surface area contributed by atoms with Crippen LogP contribution in [0.5, 0.6) is 0 Å². The summed E-state index contributed by atoms with van der Waals surface area (Å²) in [7, 11) is 0. The summed E-state index contributed by atoms with van der Waals surface area (Å²) in [6.45, 7) is 2.04. The molecule has 1 heterocycles. The molecule has 2 aromatic carbocycles. The van der Waals surface area contributed by atoms with Gasteiger partial charge in [-0.15, -0.1) is 16.9 Å². The number of thioether (sulfide) groups is 1. The van der Waals surface area contributed by atoms with E-state index < -0.39 is 0 Å². The summed E-state index contributed by atoms with van der Waals surface area (Å²) in [5.41, 5.74) is 4.87. The molecule has 1 N–H and O–H groups in total. The quantitative estimate of drug-likeness (QED) is 0.653. The highest BCUT2D eigenvalue weighted by atomic mass is 32.2. The number of hydrogen-bond donors (Lipinski definition) is 1. The van der Waals surface area contributed by atoms with Gasteiger partial charge in [0, 0.05) is 10.5 Å². The van der Waals surface area contributed by atoms with Crippen molar-refractivity contribution in [2.75, 3.05) is 11.1 Å². The first-order valence-corrected chi connectivity index (χ1v) is 10.1. The lowest BCUT2D eigenvalue weighted by atomic mass is 9.90. The van der Waals surface area contributed by atoms with E-state index in [9.17, 15) is 4.79 Å². The number of nitrogens with one attached hydrogen (secondary N) is 1. The van der Waals surface area contributed by atoms with Gasteiger partial charge in [-0.1, -0.05) is 28.9 Å². The predicted molar refractivity (Wildman–Crippen MR) is 107 cm³/mol. The van der Waals surface area contributed by atoms with Crippen LogP contribution in [0, 0.1) is 6.92 Å². The van der Waals surface area contributed by atoms with E-state index in [1.807, 2.05) is 37.3 Å². The fraction of sp³-hybridized carbons (Fsp3) is 0.286. The third kappa shape index (κ3) is 4.39. The first-order valence-electron chi connectivity index (χ1n) is 9.12. The van der Waals surface area contributed by atoms with Crippen LogP contribution in [0.3, 0.4) is 0 Å². The van der Waals surface area contributed by atoms with Crippen molar-refractivity contribution in [2.24, 2.45) is 0 Å². The summed E-state index contributed by atoms with van der Waals surface area (Å²) in [5.74, 6) is 0.561. The van der Waals surface area contributed by atoms with E-state index >= 15 is 0 Å². The Morgan fingerprint density at radius 2 is 1.85 bits per heavy atom. The van der Waals surface area contributed by atoms with Crippen LogP contribution in [0.4, 0.5) is 6.01 Å². The molecule has 1 amide bonds. The third-order valence-corrected chi connectivity index (χ3v) is 5.67. The summed E-state index contributed by atoms with van der Waals surface area (Å²) in [6.07, 6.45) is 4.71. The van der Waals surface area contributed by atoms with Gasteiger partial charge >= 0.3 is 6.01 Å². The third-order valence-electron chi connectivity index (χ3n) is 4.66. The van der Waals surface area contributed by atoms with Crippen LogP contribution in [-0.2, 0) is 17.6 Å². The Hall–Kier alpha value is -2.60. The molecule has 0 fully saturated rings. The van der Waals surface area contributed by atoms with Crippen molar-refractivity contribution in [1.82, 2.24) is 10.2 Å². The zero-order valence-electron chi connectivity index (χ0n) is 15.2. The zero-order chi connectivity index (χ0) is 18.6. The summed E-state index contributed by atoms with van der Waals surface area (Å²) >= 11 is 1.47. The van der Waals surface area contributed by atoms with E-state index in [1.165, 1.54) is 41.3 Å². The zero-order valence-corrected chi connectivity index (χ0v) is 16.0. The fourth-order valence-electron chi connectivity index (χ4n) is 3.20. The van der Waals surface area contributed by atoms with Crippen LogP contribution >= 0.6 is 11.8 Å². The lowest BCUT2D eigenvalue weighted by Gasteiger charge is -2.15. The van der Waals surface area contributed by atoms with Crippen molar-refractivity contribution in [3.63, 3.8) is 0 Å². The Morgan fingerprint density at radius 1 is 1.07 bits per heavy atom. The molecular formula is C21H21N3O2S. The molecule has 5 nitrogen and oxygen atoms in total. The monoisotopic (exact) mass is 379 g/mol. The molecule has 0 unspecified atom stereocenters. The first kappa shape index (κ1) is 17.8. The maximum Gasteiger partial charge on any atom is 0.322 e. The molecule has 0 radical (unpaired) electrons. The second-order valence-corrected chi connectivity index (χ2v) is 7.80. The topological polar surface area (TPSA) is 68.0 Å². The van der Waals surface area contributed by atoms with Gasteiger partial charge in [0.25, 0.3) is 0 Å². The number of anilines is 1. The number of amides is 1. The van der Waals surface area contributed by atoms with E-state index in [0.717, 1.165) is 23.3 Å². The Bertz CT molecular complexity index is 950. The lowest BCUT2D eigenvalue weighted by molar-refractivity contribution is -0.113. The molecule has 0 saturated heterocycles. The van der Waals surface area contributed by atoms with E-state index in [0.29, 0.717) is 11.6 Å². The highest BCUT2D eigenvalue weighted by Gasteiger charge is 2.15. The summed E-state index contributed by atoms with van der Waals surface area (Å²) in [6, 6.07) is 14.5. The summed E-state index contributed by atoms with van der Waals surface area (Å²) in [5, 5.41) is 10.7. The molecule has 1 aliphatic carbocycles. The molecule has 0 bridgehead atoms. The van der Waals surface area contributed by atoms with Crippen molar-refractivity contribution >= 4 is 23.7 Å². The number of aryl methyl sites for hydroxylation is 3. The second-order valence-electron chi connectivity index (χ2n) is 6.75. The molecule has 6 heteroatoms. The highest BCUT2D eigenvalue weighted by Crippen LogP contribution is 2.27. The van der Waals surface area contributed by atoms with Gasteiger partial charge in [-0.05, 0) is 68.0 Å². The van der Waals surface area contributed by atoms with E-state index in [4.69, 9.17) is 4.42 Å². The molecule has 1 aliphatic rings. The van der Waals surface area contributed by atoms with Gasteiger partial charge in [0.1, 0.15) is 0 Å². The van der Waals surface area contributed by atoms with Gasteiger partial charge in [-0.25, -0.2) is 0 Å². The number of fused-ring (bicyclic) bond motifs is 1. The molecule has 3 aromatic rings. The number of nitrogens with zero attached hydrogens (tertiary/aromatic N) is 2. The largest absolute Gasteiger partial charge is 0.403 e. The van der Waals surface area contributed by atoms with Crippen LogP contribution in [-0.4, -0.2) is 21.9 Å². The normalized spacial score (nSPS) is 13.2. The van der Waals surface area contributed by atoms with Gasteiger partial charge in [0.15, 0.2) is 0 Å². The average molecular weight is 379 g/mol. The molecule has 0 spiro atoms. The van der Waals surface area contributed by atoms with Crippen molar-refractivity contribution in [2.45, 2.75) is 37.5 Å². The Labute approximate surface area is 162 Å². The van der Waals surface area contributed by atoms with Crippen LogP contribution in [0.1, 0.15) is 29.5 Å². The van der Waals surface area contributed by atoms with Crippen molar-refractivity contribution in [3.8, 4) is 11.5 Å². The van der Waals surface area contributed by atoms with Crippen molar-refractivity contribution < 1.29 is 9.21 Å². The van der Waals surface area contributed by atoms with Crippen molar-refractivity contribution in [1.29, 1.82) is 0 Å². The minimum Gasteiger partial charge on any atom is -0.403 e. The lowest BCUT2D eigenvalue weighted by Crippen LogP contribution is -2.14. The van der Waals surface area contributed by atoms with Crippen LogP contribution in [0.2, 0.25) is 0 Å². The van der Waals surface area contributed by atoms with Gasteiger partial charge in [-0.2, -0.15) is 0 Å². The Morgan fingerprint density at radius 3 is 2.67 bits per heavy atom. The molecule has 27 heavy (non-hydrogen) atoms. The van der Waals surface area contributed by atoms with E-state index in [2.05, 4.69) is 27.6 Å². The second kappa shape index (κ2) is 7.96. The molecule has 138 valence electrons. The number of rotatable bonds is 5. The number of carbonyl (C=O) groups is 1. The average Bonchev–Trinajstić information content (AvgIpc) is 3.15. The Balaban J connectivity index is 1.37. The first-order chi connectivity index (χ1) is 13.2. The number of hydrogen-bond acceptors (Lipinski definition) is 5. The SMILES string of the molecule is Cc1ccc(SCC(=O)Nc2nnc(-c3ccc4c(c3)CCCC4)o2)cc1. The standard InChI is InChI=1S/C21H21N3O2S/c1-14-6-10-18(11-7-14)27-13-19(25)22-21-24-23-20(26-21)17-9-8-15-4-2-3-5-16(15)12-17/h6-12H,2-5,13H2,1H3,(H,22,24,25). The predicted octanol–water partition coefficient (Wildman–Crippen LogP) is 4.65. The smallest absolute Gasteiger partial charge is 0.322 e. The van der Waals surface area contributed by atoms with Gasteiger partial charge in [0.05, 0.1) is 5.75 Å². The maximum atomic E-state index is 12.1. The molecule has 1 aromatic heterocycles. The number of benzene rings is 2. The van der Waals surface area contributed by atoms with E-state index in [1.54, 1.807) is 0 Å². The van der Waals surface area contributed by atoms with Crippen LogP contribution < -0.4 is 5.32 Å². The van der Waals surface area contributed by atoms with Crippen molar-refractivity contribution in [3.05, 3.63) is 59.2 Å². The van der Waals surface area contributed by atoms with Gasteiger partial charge in [0.2, 0.25) is 11.8 Å². The fourth-order valence-corrected chi connectivity index (χ4v) is 3.89. The summed E-state index contributed by atoms with van der Waals surface area (Å²) in [4.78, 5) is 13.2. The number of carbonyl (C=O) groups excluding carboxylic acids is 1. The molecule has 4 rings (SSSR count).